The van der Waals surface area contributed by atoms with E-state index in [9.17, 15) is 22.8 Å². The fourth-order valence-corrected chi connectivity index (χ4v) is 2.69. The van der Waals surface area contributed by atoms with Crippen LogP contribution in [0.1, 0.15) is 27.8 Å². The van der Waals surface area contributed by atoms with E-state index in [0.717, 1.165) is 22.9 Å². The lowest BCUT2D eigenvalue weighted by Crippen LogP contribution is -2.20. The third kappa shape index (κ3) is 4.06. The van der Waals surface area contributed by atoms with Crippen molar-refractivity contribution in [3.63, 3.8) is 0 Å². The van der Waals surface area contributed by atoms with Gasteiger partial charge in [0.05, 0.1) is 17.2 Å². The van der Waals surface area contributed by atoms with Crippen molar-refractivity contribution in [1.29, 1.82) is 0 Å². The number of esters is 1. The molecular formula is C18H12ClF3N4O3. The first kappa shape index (κ1) is 20.3. The summed E-state index contributed by atoms with van der Waals surface area (Å²) in [4.78, 5) is 24.8. The molecule has 1 aromatic heterocycles. The number of anilines is 1. The van der Waals surface area contributed by atoms with Crippen LogP contribution in [0.5, 0.6) is 0 Å². The molecule has 0 bridgehead atoms. The molecule has 2 aromatic carbocycles. The number of rotatable bonds is 5. The van der Waals surface area contributed by atoms with Crippen molar-refractivity contribution in [2.24, 2.45) is 0 Å². The van der Waals surface area contributed by atoms with Gasteiger partial charge in [-0.2, -0.15) is 4.68 Å². The maximum atomic E-state index is 14.2. The highest BCUT2D eigenvalue weighted by molar-refractivity contribution is 6.34. The van der Waals surface area contributed by atoms with Crippen molar-refractivity contribution < 1.29 is 27.5 Å². The van der Waals surface area contributed by atoms with Crippen molar-refractivity contribution in [2.45, 2.75) is 6.92 Å². The molecule has 0 aliphatic rings. The summed E-state index contributed by atoms with van der Waals surface area (Å²) >= 11 is 5.88. The van der Waals surface area contributed by atoms with Crippen molar-refractivity contribution in [1.82, 2.24) is 15.0 Å². The molecule has 0 fully saturated rings. The minimum atomic E-state index is -1.04. The van der Waals surface area contributed by atoms with E-state index in [4.69, 9.17) is 16.3 Å². The summed E-state index contributed by atoms with van der Waals surface area (Å²) in [5.74, 6) is -5.20. The van der Waals surface area contributed by atoms with Gasteiger partial charge in [0.15, 0.2) is 11.6 Å². The summed E-state index contributed by atoms with van der Waals surface area (Å²) in [5.41, 5.74) is -1.28. The van der Waals surface area contributed by atoms with Crippen LogP contribution in [0.2, 0.25) is 5.02 Å². The molecule has 0 unspecified atom stereocenters. The number of hydrogen-bond acceptors (Lipinski definition) is 5. The summed E-state index contributed by atoms with van der Waals surface area (Å²) < 4.78 is 47.1. The molecule has 1 amide bonds. The Bertz CT molecular complexity index is 1080. The van der Waals surface area contributed by atoms with Gasteiger partial charge in [-0.15, -0.1) is 5.10 Å². The van der Waals surface area contributed by atoms with Gasteiger partial charge in [0.2, 0.25) is 5.69 Å². The van der Waals surface area contributed by atoms with E-state index in [1.54, 1.807) is 6.92 Å². The zero-order chi connectivity index (χ0) is 21.1. The summed E-state index contributed by atoms with van der Waals surface area (Å²) in [5, 5.41) is 9.30. The molecule has 0 atom stereocenters. The molecule has 11 heteroatoms. The number of ether oxygens (including phenoxy) is 1. The molecule has 0 radical (unpaired) electrons. The standard InChI is InChI=1S/C18H12ClF3N4O3/c1-2-29-18(28)15-16(23-17(27)14-10(19)4-3-5-11(14)21)26(25-24-15)13-7-6-9(20)8-12(13)22/h3-8H,2H2,1H3,(H,23,27). The maximum Gasteiger partial charge on any atom is 0.362 e. The van der Waals surface area contributed by atoms with Crippen molar-refractivity contribution in [3.8, 4) is 5.69 Å². The molecule has 1 N–H and O–H groups in total. The Labute approximate surface area is 167 Å². The average molecular weight is 425 g/mol. The second-order valence-corrected chi connectivity index (χ2v) is 5.97. The fraction of sp³-hybridized carbons (Fsp3) is 0.111. The van der Waals surface area contributed by atoms with Gasteiger partial charge in [0.1, 0.15) is 17.3 Å². The Morgan fingerprint density at radius 3 is 2.59 bits per heavy atom. The highest BCUT2D eigenvalue weighted by Crippen LogP contribution is 2.25. The van der Waals surface area contributed by atoms with Gasteiger partial charge in [0.25, 0.3) is 5.91 Å². The van der Waals surface area contributed by atoms with Gasteiger partial charge in [-0.1, -0.05) is 22.9 Å². The maximum absolute atomic E-state index is 14.2. The van der Waals surface area contributed by atoms with Gasteiger partial charge < -0.3 is 10.1 Å². The normalized spacial score (nSPS) is 10.7. The van der Waals surface area contributed by atoms with E-state index >= 15 is 0 Å². The number of nitrogens with zero attached hydrogens (tertiary/aromatic N) is 3. The van der Waals surface area contributed by atoms with E-state index in [-0.39, 0.29) is 17.3 Å². The highest BCUT2D eigenvalue weighted by atomic mass is 35.5. The van der Waals surface area contributed by atoms with E-state index in [2.05, 4.69) is 15.6 Å². The van der Waals surface area contributed by atoms with Crippen molar-refractivity contribution in [2.75, 3.05) is 11.9 Å². The first-order valence-electron chi connectivity index (χ1n) is 8.17. The van der Waals surface area contributed by atoms with E-state index in [1.807, 2.05) is 0 Å². The van der Waals surface area contributed by atoms with Crippen LogP contribution in [0.4, 0.5) is 19.0 Å². The van der Waals surface area contributed by atoms with Crippen LogP contribution in [-0.2, 0) is 4.74 Å². The number of carbonyl (C=O) groups is 2. The molecule has 0 saturated heterocycles. The second-order valence-electron chi connectivity index (χ2n) is 5.57. The number of hydrogen-bond donors (Lipinski definition) is 1. The summed E-state index contributed by atoms with van der Waals surface area (Å²) in [6.07, 6.45) is 0. The molecule has 0 saturated carbocycles. The Balaban J connectivity index is 2.11. The van der Waals surface area contributed by atoms with Gasteiger partial charge in [-0.05, 0) is 31.2 Å². The largest absolute Gasteiger partial charge is 0.461 e. The number of nitrogens with one attached hydrogen (secondary N) is 1. The lowest BCUT2D eigenvalue weighted by atomic mass is 10.2. The number of halogens is 4. The lowest BCUT2D eigenvalue weighted by Gasteiger charge is -2.11. The lowest BCUT2D eigenvalue weighted by molar-refractivity contribution is 0.0520. The van der Waals surface area contributed by atoms with Crippen LogP contribution in [0, 0.1) is 17.5 Å². The molecular weight excluding hydrogens is 413 g/mol. The predicted molar refractivity (Wildman–Crippen MR) is 96.6 cm³/mol. The molecule has 0 spiro atoms. The van der Waals surface area contributed by atoms with Gasteiger partial charge in [-0.3, -0.25) is 4.79 Å². The molecule has 150 valence electrons. The van der Waals surface area contributed by atoms with Crippen LogP contribution in [0.15, 0.2) is 36.4 Å². The molecule has 1 heterocycles. The first-order valence-corrected chi connectivity index (χ1v) is 8.54. The SMILES string of the molecule is CCOC(=O)c1nnn(-c2ccc(F)cc2F)c1NC(=O)c1c(F)cccc1Cl. The summed E-state index contributed by atoms with van der Waals surface area (Å²) in [7, 11) is 0. The average Bonchev–Trinajstić information content (AvgIpc) is 3.05. The number of benzene rings is 2. The predicted octanol–water partition coefficient (Wildman–Crippen LogP) is 3.77. The highest BCUT2D eigenvalue weighted by Gasteiger charge is 2.27. The van der Waals surface area contributed by atoms with Crippen LogP contribution >= 0.6 is 11.6 Å². The first-order chi connectivity index (χ1) is 13.8. The molecule has 29 heavy (non-hydrogen) atoms. The van der Waals surface area contributed by atoms with Gasteiger partial charge in [0, 0.05) is 6.07 Å². The Morgan fingerprint density at radius 2 is 1.93 bits per heavy atom. The third-order valence-electron chi connectivity index (χ3n) is 3.70. The molecule has 3 aromatic rings. The fourth-order valence-electron chi connectivity index (χ4n) is 2.44. The minimum absolute atomic E-state index is 0.0108. The molecule has 3 rings (SSSR count). The van der Waals surface area contributed by atoms with Crippen molar-refractivity contribution >= 4 is 29.3 Å². The second kappa shape index (κ2) is 8.31. The Morgan fingerprint density at radius 1 is 1.17 bits per heavy atom. The summed E-state index contributed by atoms with van der Waals surface area (Å²) in [6.45, 7) is 1.53. The number of carbonyl (C=O) groups excluding carboxylic acids is 2. The number of amides is 1. The van der Waals surface area contributed by atoms with E-state index in [1.165, 1.54) is 12.1 Å². The van der Waals surface area contributed by atoms with E-state index in [0.29, 0.717) is 6.07 Å². The number of aromatic nitrogens is 3. The zero-order valence-electron chi connectivity index (χ0n) is 14.7. The van der Waals surface area contributed by atoms with E-state index < -0.39 is 46.4 Å². The van der Waals surface area contributed by atoms with Crippen molar-refractivity contribution in [3.05, 3.63) is 70.1 Å². The molecule has 0 aliphatic carbocycles. The van der Waals surface area contributed by atoms with Crippen LogP contribution in [0.3, 0.4) is 0 Å². The monoisotopic (exact) mass is 424 g/mol. The Kier molecular flexibility index (Phi) is 5.83. The van der Waals surface area contributed by atoms with Gasteiger partial charge in [-0.25, -0.2) is 18.0 Å². The molecule has 7 nitrogen and oxygen atoms in total. The van der Waals surface area contributed by atoms with Gasteiger partial charge >= 0.3 is 5.97 Å². The third-order valence-corrected chi connectivity index (χ3v) is 4.01. The van der Waals surface area contributed by atoms with Crippen LogP contribution in [0.25, 0.3) is 5.69 Å². The topological polar surface area (TPSA) is 86.1 Å². The summed E-state index contributed by atoms with van der Waals surface area (Å²) in [6, 6.07) is 6.17. The smallest absolute Gasteiger partial charge is 0.362 e. The minimum Gasteiger partial charge on any atom is -0.461 e. The van der Waals surface area contributed by atoms with Crippen LogP contribution in [-0.4, -0.2) is 33.5 Å². The molecule has 0 aliphatic heterocycles. The zero-order valence-corrected chi connectivity index (χ0v) is 15.5. The van der Waals surface area contributed by atoms with Crippen LogP contribution < -0.4 is 5.32 Å². The Hall–Kier alpha value is -3.40. The quantitative estimate of drug-likeness (QED) is 0.630.